The Labute approximate surface area is 75.4 Å². The van der Waals surface area contributed by atoms with Gasteiger partial charge in [-0.15, -0.1) is 0 Å². The lowest BCUT2D eigenvalue weighted by Gasteiger charge is -2.24. The van der Waals surface area contributed by atoms with Gasteiger partial charge in [0.05, 0.1) is 5.60 Å². The SMILES string of the molecule is CC1CCC(O)(CNC(C)C)C1. The maximum Gasteiger partial charge on any atom is 0.0774 e. The molecule has 0 bridgehead atoms. The van der Waals surface area contributed by atoms with E-state index < -0.39 is 5.60 Å². The van der Waals surface area contributed by atoms with Crippen molar-refractivity contribution in [3.63, 3.8) is 0 Å². The highest BCUT2D eigenvalue weighted by Gasteiger charge is 2.34. The first-order valence-electron chi connectivity index (χ1n) is 4.98. The average molecular weight is 171 g/mol. The Bertz CT molecular complexity index is 147. The summed E-state index contributed by atoms with van der Waals surface area (Å²) >= 11 is 0. The van der Waals surface area contributed by atoms with Crippen molar-refractivity contribution in [2.24, 2.45) is 5.92 Å². The second kappa shape index (κ2) is 3.75. The Morgan fingerprint density at radius 2 is 2.25 bits per heavy atom. The normalized spacial score (nSPS) is 36.2. The maximum absolute atomic E-state index is 10.0. The summed E-state index contributed by atoms with van der Waals surface area (Å²) < 4.78 is 0. The second-order valence-electron chi connectivity index (χ2n) is 4.61. The van der Waals surface area contributed by atoms with Crippen LogP contribution in [0.2, 0.25) is 0 Å². The lowest BCUT2D eigenvalue weighted by atomic mass is 10.0. The van der Waals surface area contributed by atoms with Crippen LogP contribution in [-0.2, 0) is 0 Å². The lowest BCUT2D eigenvalue weighted by molar-refractivity contribution is 0.0424. The molecule has 2 unspecified atom stereocenters. The molecule has 72 valence electrons. The summed E-state index contributed by atoms with van der Waals surface area (Å²) in [6.45, 7) is 7.20. The fourth-order valence-electron chi connectivity index (χ4n) is 1.92. The lowest BCUT2D eigenvalue weighted by Crippen LogP contribution is -2.41. The fraction of sp³-hybridized carbons (Fsp3) is 1.00. The first-order chi connectivity index (χ1) is 5.52. The van der Waals surface area contributed by atoms with Crippen molar-refractivity contribution in [2.75, 3.05) is 6.54 Å². The van der Waals surface area contributed by atoms with Crippen LogP contribution in [0.5, 0.6) is 0 Å². The van der Waals surface area contributed by atoms with Gasteiger partial charge >= 0.3 is 0 Å². The summed E-state index contributed by atoms with van der Waals surface area (Å²) in [7, 11) is 0. The number of hydrogen-bond acceptors (Lipinski definition) is 2. The van der Waals surface area contributed by atoms with Crippen LogP contribution in [-0.4, -0.2) is 23.3 Å². The molecule has 0 aliphatic heterocycles. The molecule has 0 heterocycles. The Kier molecular flexibility index (Phi) is 3.13. The van der Waals surface area contributed by atoms with Crippen LogP contribution in [0.4, 0.5) is 0 Å². The summed E-state index contributed by atoms with van der Waals surface area (Å²) in [5, 5.41) is 13.3. The average Bonchev–Trinajstić information content (AvgIpc) is 2.29. The van der Waals surface area contributed by atoms with Crippen LogP contribution >= 0.6 is 0 Å². The zero-order valence-corrected chi connectivity index (χ0v) is 8.43. The topological polar surface area (TPSA) is 32.3 Å². The van der Waals surface area contributed by atoms with Crippen LogP contribution in [0.3, 0.4) is 0 Å². The first kappa shape index (κ1) is 10.0. The van der Waals surface area contributed by atoms with Gasteiger partial charge < -0.3 is 10.4 Å². The molecule has 2 nitrogen and oxygen atoms in total. The predicted molar refractivity (Wildman–Crippen MR) is 51.1 cm³/mol. The fourth-order valence-corrected chi connectivity index (χ4v) is 1.92. The molecule has 0 radical (unpaired) electrons. The predicted octanol–water partition coefficient (Wildman–Crippen LogP) is 1.54. The second-order valence-corrected chi connectivity index (χ2v) is 4.61. The molecule has 1 fully saturated rings. The Balaban J connectivity index is 2.30. The van der Waals surface area contributed by atoms with Gasteiger partial charge in [0.1, 0.15) is 0 Å². The zero-order valence-electron chi connectivity index (χ0n) is 8.43. The van der Waals surface area contributed by atoms with E-state index in [1.807, 2.05) is 0 Å². The minimum atomic E-state index is -0.413. The van der Waals surface area contributed by atoms with Gasteiger partial charge in [0.25, 0.3) is 0 Å². The van der Waals surface area contributed by atoms with Gasteiger partial charge in [0.2, 0.25) is 0 Å². The molecule has 0 spiro atoms. The summed E-state index contributed by atoms with van der Waals surface area (Å²) in [6.07, 6.45) is 3.11. The van der Waals surface area contributed by atoms with Crippen molar-refractivity contribution in [3.8, 4) is 0 Å². The van der Waals surface area contributed by atoms with Gasteiger partial charge in [-0.1, -0.05) is 20.8 Å². The number of rotatable bonds is 3. The van der Waals surface area contributed by atoms with Gasteiger partial charge in [0.15, 0.2) is 0 Å². The van der Waals surface area contributed by atoms with Crippen LogP contribution in [0, 0.1) is 5.92 Å². The Morgan fingerprint density at radius 1 is 1.58 bits per heavy atom. The van der Waals surface area contributed by atoms with E-state index in [1.165, 1.54) is 6.42 Å². The monoisotopic (exact) mass is 171 g/mol. The van der Waals surface area contributed by atoms with E-state index in [4.69, 9.17) is 0 Å². The largest absolute Gasteiger partial charge is 0.389 e. The minimum absolute atomic E-state index is 0.413. The van der Waals surface area contributed by atoms with Gasteiger partial charge in [-0.25, -0.2) is 0 Å². The molecule has 2 heteroatoms. The van der Waals surface area contributed by atoms with E-state index in [-0.39, 0.29) is 0 Å². The summed E-state index contributed by atoms with van der Waals surface area (Å²) in [5.41, 5.74) is -0.413. The van der Waals surface area contributed by atoms with Crippen LogP contribution in [0.25, 0.3) is 0 Å². The highest BCUT2D eigenvalue weighted by Crippen LogP contribution is 2.33. The van der Waals surface area contributed by atoms with Crippen LogP contribution < -0.4 is 5.32 Å². The molecule has 1 aliphatic rings. The van der Waals surface area contributed by atoms with E-state index in [0.717, 1.165) is 19.4 Å². The first-order valence-corrected chi connectivity index (χ1v) is 4.98. The van der Waals surface area contributed by atoms with Crippen molar-refractivity contribution in [2.45, 2.75) is 51.7 Å². The molecule has 1 saturated carbocycles. The van der Waals surface area contributed by atoms with Crippen molar-refractivity contribution in [1.82, 2.24) is 5.32 Å². The molecular formula is C10H21NO. The summed E-state index contributed by atoms with van der Waals surface area (Å²) in [6, 6.07) is 0.477. The number of hydrogen-bond donors (Lipinski definition) is 2. The third-order valence-electron chi connectivity index (χ3n) is 2.67. The third-order valence-corrected chi connectivity index (χ3v) is 2.67. The van der Waals surface area contributed by atoms with Gasteiger partial charge in [0, 0.05) is 12.6 Å². The molecule has 0 amide bonds. The number of aliphatic hydroxyl groups is 1. The third kappa shape index (κ3) is 2.76. The van der Waals surface area contributed by atoms with Crippen molar-refractivity contribution >= 4 is 0 Å². The van der Waals surface area contributed by atoms with Gasteiger partial charge in [-0.3, -0.25) is 0 Å². The molecule has 2 atom stereocenters. The Morgan fingerprint density at radius 3 is 2.67 bits per heavy atom. The van der Waals surface area contributed by atoms with E-state index in [9.17, 15) is 5.11 Å². The van der Waals surface area contributed by atoms with Crippen molar-refractivity contribution in [1.29, 1.82) is 0 Å². The highest BCUT2D eigenvalue weighted by atomic mass is 16.3. The van der Waals surface area contributed by atoms with Crippen LogP contribution in [0.1, 0.15) is 40.0 Å². The molecule has 1 aliphatic carbocycles. The van der Waals surface area contributed by atoms with Gasteiger partial charge in [-0.2, -0.15) is 0 Å². The Hall–Kier alpha value is -0.0800. The zero-order chi connectivity index (χ0) is 9.19. The van der Waals surface area contributed by atoms with E-state index >= 15 is 0 Å². The van der Waals surface area contributed by atoms with Crippen molar-refractivity contribution < 1.29 is 5.11 Å². The molecule has 2 N–H and O–H groups in total. The minimum Gasteiger partial charge on any atom is -0.389 e. The number of nitrogens with one attached hydrogen (secondary N) is 1. The summed E-state index contributed by atoms with van der Waals surface area (Å²) in [4.78, 5) is 0. The van der Waals surface area contributed by atoms with Gasteiger partial charge in [-0.05, 0) is 25.2 Å². The van der Waals surface area contributed by atoms with E-state index in [1.54, 1.807) is 0 Å². The van der Waals surface area contributed by atoms with Crippen LogP contribution in [0.15, 0.2) is 0 Å². The molecule has 1 rings (SSSR count). The van der Waals surface area contributed by atoms with E-state index in [2.05, 4.69) is 26.1 Å². The summed E-state index contributed by atoms with van der Waals surface area (Å²) in [5.74, 6) is 0.698. The quantitative estimate of drug-likeness (QED) is 0.675. The molecule has 12 heavy (non-hydrogen) atoms. The van der Waals surface area contributed by atoms with E-state index in [0.29, 0.717) is 12.0 Å². The standard InChI is InChI=1S/C10H21NO/c1-8(2)11-7-10(12)5-4-9(3)6-10/h8-9,11-12H,4-7H2,1-3H3. The molecule has 0 aromatic heterocycles. The maximum atomic E-state index is 10.0. The van der Waals surface area contributed by atoms with Crippen molar-refractivity contribution in [3.05, 3.63) is 0 Å². The molecular weight excluding hydrogens is 150 g/mol. The molecule has 0 aromatic carbocycles. The molecule has 0 aromatic rings. The molecule has 0 saturated heterocycles. The highest BCUT2D eigenvalue weighted by molar-refractivity contribution is 4.89. The smallest absolute Gasteiger partial charge is 0.0774 e.